The number of phosphoric ester groups is 1. The largest absolute Gasteiger partial charge is 0.489 e. The summed E-state index contributed by atoms with van der Waals surface area (Å²) in [5, 5.41) is 35.7. The summed E-state index contributed by atoms with van der Waals surface area (Å²) in [4.78, 5) is 14.7. The van der Waals surface area contributed by atoms with E-state index in [2.05, 4.69) is 23.1 Å². The Hall–Kier alpha value is -3.32. The lowest BCUT2D eigenvalue weighted by molar-refractivity contribution is -0.0892. The molecule has 0 bridgehead atoms. The van der Waals surface area contributed by atoms with Gasteiger partial charge in [-0.1, -0.05) is 103 Å². The van der Waals surface area contributed by atoms with Gasteiger partial charge in [0.2, 0.25) is 0 Å². The van der Waals surface area contributed by atoms with Crippen molar-refractivity contribution in [3.8, 4) is 17.6 Å². The van der Waals surface area contributed by atoms with E-state index in [4.69, 9.17) is 33.7 Å². The molecule has 1 aliphatic rings. The minimum atomic E-state index is -4.74. The first-order valence-corrected chi connectivity index (χ1v) is 23.1. The number of aromatic nitrogens is 3. The highest BCUT2D eigenvalue weighted by atomic mass is 31.2. The number of nitrogen functional groups attached to an aromatic ring is 1. The van der Waals surface area contributed by atoms with Gasteiger partial charge in [-0.3, -0.25) is 9.05 Å². The predicted molar refractivity (Wildman–Crippen MR) is 225 cm³/mol. The fourth-order valence-corrected chi connectivity index (χ4v) is 8.10. The standard InChI is InChI=1S/C43H68N5O10P/c1-5-6-7-8-9-10-11-12-13-14-15-16-17-18-19-20-25-53-28-35(57-34-22-21-33(27-44)37(26-34)56-32(2)3)29-54-59(51,52)55-30-38-40(49)41(50)43(4,58-38)39-24-23-36-42(45)46-31-47-48(36)39/h21-24,26,31-32,35,38,40-41,49-50H,5-20,25,28-30H2,1-4H3,(H,51,52)(H2,45,46,47)/t35-,38-,40-,41-,43+/m1/s1. The van der Waals surface area contributed by atoms with Crippen LogP contribution in [0.4, 0.5) is 5.82 Å². The molecule has 0 saturated carbocycles. The van der Waals surface area contributed by atoms with Crippen LogP contribution in [0, 0.1) is 11.3 Å². The van der Waals surface area contributed by atoms with Gasteiger partial charge in [0.25, 0.3) is 0 Å². The van der Waals surface area contributed by atoms with E-state index in [9.17, 15) is 24.9 Å². The van der Waals surface area contributed by atoms with E-state index in [-0.39, 0.29) is 18.5 Å². The van der Waals surface area contributed by atoms with Crippen LogP contribution >= 0.6 is 7.82 Å². The number of fused-ring (bicyclic) bond motifs is 1. The minimum Gasteiger partial charge on any atom is -0.489 e. The number of unbranched alkanes of at least 4 members (excludes halogenated alkanes) is 15. The van der Waals surface area contributed by atoms with Crippen molar-refractivity contribution in [1.29, 1.82) is 5.26 Å². The Bertz CT molecular complexity index is 1770. The maximum atomic E-state index is 13.1. The van der Waals surface area contributed by atoms with E-state index in [1.54, 1.807) is 37.3 Å². The Labute approximate surface area is 350 Å². The van der Waals surface area contributed by atoms with Crippen LogP contribution in [-0.4, -0.2) is 86.7 Å². The van der Waals surface area contributed by atoms with Crippen LogP contribution in [0.25, 0.3) is 5.52 Å². The number of rotatable bonds is 30. The first-order chi connectivity index (χ1) is 28.4. The zero-order valence-corrected chi connectivity index (χ0v) is 36.4. The fraction of sp³-hybridized carbons (Fsp3) is 0.698. The molecule has 15 nitrogen and oxygen atoms in total. The summed E-state index contributed by atoms with van der Waals surface area (Å²) in [7, 11) is -4.74. The Morgan fingerprint density at radius 3 is 2.15 bits per heavy atom. The molecule has 1 saturated heterocycles. The topological polar surface area (TPSA) is 213 Å². The number of phosphoric acid groups is 1. The third kappa shape index (κ3) is 15.3. The van der Waals surface area contributed by atoms with Gasteiger partial charge < -0.3 is 39.8 Å². The number of nitriles is 1. The Morgan fingerprint density at radius 2 is 1.54 bits per heavy atom. The number of hydrogen-bond acceptors (Lipinski definition) is 13. The Kier molecular flexibility index (Phi) is 20.3. The number of anilines is 1. The molecular formula is C43H68N5O10P. The predicted octanol–water partition coefficient (Wildman–Crippen LogP) is 8.17. The molecule has 1 aliphatic heterocycles. The number of hydrogen-bond donors (Lipinski definition) is 4. The molecule has 6 atom stereocenters. The molecule has 4 rings (SSSR count). The number of ether oxygens (including phenoxy) is 4. The SMILES string of the molecule is CCCCCCCCCCCCCCCCCCOC[C@H](COP(=O)(O)OC[C@H]1O[C@@](C)(c2ccc3c(N)ncnn23)[C@H](O)[C@@H]1O)Oc1ccc(C#N)c(OC(C)C)c1. The van der Waals surface area contributed by atoms with Crippen LogP contribution in [0.3, 0.4) is 0 Å². The molecule has 2 aromatic heterocycles. The molecule has 0 spiro atoms. The third-order valence-corrected chi connectivity index (χ3v) is 11.6. The molecule has 3 heterocycles. The number of aliphatic hydroxyl groups is 2. The van der Waals surface area contributed by atoms with Crippen molar-refractivity contribution < 1.29 is 47.7 Å². The second kappa shape index (κ2) is 24.8. The quantitative estimate of drug-likeness (QED) is 0.0368. The average molecular weight is 846 g/mol. The Morgan fingerprint density at radius 1 is 0.915 bits per heavy atom. The summed E-state index contributed by atoms with van der Waals surface area (Å²) >= 11 is 0. The fourth-order valence-electron chi connectivity index (χ4n) is 7.33. The smallest absolute Gasteiger partial charge is 0.472 e. The van der Waals surface area contributed by atoms with Gasteiger partial charge in [0.05, 0.1) is 37.2 Å². The number of aliphatic hydroxyl groups excluding tert-OH is 2. The zero-order valence-electron chi connectivity index (χ0n) is 35.5. The molecule has 3 aromatic rings. The van der Waals surface area contributed by atoms with Crippen LogP contribution in [0.15, 0.2) is 36.7 Å². The molecule has 0 radical (unpaired) electrons. The van der Waals surface area contributed by atoms with Gasteiger partial charge >= 0.3 is 7.82 Å². The summed E-state index contributed by atoms with van der Waals surface area (Å²) in [5.41, 5.74) is 5.71. The van der Waals surface area contributed by atoms with Gasteiger partial charge in [0.1, 0.15) is 59.4 Å². The van der Waals surface area contributed by atoms with E-state index < -0.39 is 51.1 Å². The van der Waals surface area contributed by atoms with Crippen LogP contribution in [0.2, 0.25) is 0 Å². The average Bonchev–Trinajstić information content (AvgIpc) is 3.75. The van der Waals surface area contributed by atoms with Gasteiger partial charge in [-0.15, -0.1) is 0 Å². The number of benzene rings is 1. The summed E-state index contributed by atoms with van der Waals surface area (Å²) in [6, 6.07) is 10.2. The van der Waals surface area contributed by atoms with Gasteiger partial charge in [-0.05, 0) is 51.5 Å². The Balaban J connectivity index is 1.23. The second-order valence-corrected chi connectivity index (χ2v) is 17.4. The normalized spacial score (nSPS) is 20.8. The van der Waals surface area contributed by atoms with Crippen molar-refractivity contribution in [3.05, 3.63) is 47.9 Å². The lowest BCUT2D eigenvalue weighted by Crippen LogP contribution is -2.39. The minimum absolute atomic E-state index is 0.0491. The van der Waals surface area contributed by atoms with Crippen molar-refractivity contribution in [2.75, 3.05) is 32.2 Å². The summed E-state index contributed by atoms with van der Waals surface area (Å²) < 4.78 is 49.2. The van der Waals surface area contributed by atoms with E-state index >= 15 is 0 Å². The van der Waals surface area contributed by atoms with Crippen molar-refractivity contribution in [1.82, 2.24) is 14.6 Å². The monoisotopic (exact) mass is 845 g/mol. The molecule has 59 heavy (non-hydrogen) atoms. The molecule has 1 unspecified atom stereocenters. The zero-order chi connectivity index (χ0) is 42.7. The van der Waals surface area contributed by atoms with Crippen LogP contribution in [-0.2, 0) is 28.7 Å². The van der Waals surface area contributed by atoms with Gasteiger partial charge in [0.15, 0.2) is 5.82 Å². The van der Waals surface area contributed by atoms with E-state index in [0.717, 1.165) is 19.3 Å². The highest BCUT2D eigenvalue weighted by Gasteiger charge is 2.54. The molecule has 1 aromatic carbocycles. The highest BCUT2D eigenvalue weighted by molar-refractivity contribution is 7.47. The first-order valence-electron chi connectivity index (χ1n) is 21.6. The summed E-state index contributed by atoms with van der Waals surface area (Å²) in [6.07, 6.45) is 16.5. The van der Waals surface area contributed by atoms with E-state index in [1.165, 1.54) is 94.3 Å². The van der Waals surface area contributed by atoms with Gasteiger partial charge in [-0.25, -0.2) is 14.1 Å². The van der Waals surface area contributed by atoms with Crippen LogP contribution in [0.5, 0.6) is 11.5 Å². The van der Waals surface area contributed by atoms with Crippen LogP contribution in [0.1, 0.15) is 142 Å². The lowest BCUT2D eigenvalue weighted by atomic mass is 9.93. The molecule has 0 aliphatic carbocycles. The lowest BCUT2D eigenvalue weighted by Gasteiger charge is -2.27. The second-order valence-electron chi connectivity index (χ2n) is 16.0. The molecule has 5 N–H and O–H groups in total. The van der Waals surface area contributed by atoms with Gasteiger partial charge in [0, 0.05) is 12.7 Å². The molecule has 330 valence electrons. The first kappa shape index (κ1) is 48.3. The van der Waals surface area contributed by atoms with Crippen molar-refractivity contribution >= 4 is 19.2 Å². The third-order valence-electron chi connectivity index (χ3n) is 10.7. The van der Waals surface area contributed by atoms with Gasteiger partial charge in [-0.2, -0.15) is 10.4 Å². The molecular weight excluding hydrogens is 777 g/mol. The summed E-state index contributed by atoms with van der Waals surface area (Å²) in [5.74, 6) is 0.921. The molecule has 16 heteroatoms. The molecule has 0 amide bonds. The summed E-state index contributed by atoms with van der Waals surface area (Å²) in [6.45, 7) is 7.09. The van der Waals surface area contributed by atoms with Crippen molar-refractivity contribution in [2.24, 2.45) is 0 Å². The van der Waals surface area contributed by atoms with Crippen molar-refractivity contribution in [2.45, 2.75) is 167 Å². The number of nitrogens with zero attached hydrogens (tertiary/aromatic N) is 4. The van der Waals surface area contributed by atoms with E-state index in [0.29, 0.717) is 34.9 Å². The van der Waals surface area contributed by atoms with Crippen LogP contribution < -0.4 is 15.2 Å². The van der Waals surface area contributed by atoms with E-state index in [1.807, 2.05) is 13.8 Å². The maximum Gasteiger partial charge on any atom is 0.472 e. The number of nitrogens with two attached hydrogens (primary N) is 1. The maximum absolute atomic E-state index is 13.1. The van der Waals surface area contributed by atoms with Crippen molar-refractivity contribution in [3.63, 3.8) is 0 Å². The highest BCUT2D eigenvalue weighted by Crippen LogP contribution is 2.46. The molecule has 1 fully saturated rings.